The third-order valence-electron chi connectivity index (χ3n) is 15.9. The number of aliphatic carboxylic acids is 1. The molecule has 6 atom stereocenters. The van der Waals surface area contributed by atoms with Crippen LogP contribution >= 0.6 is 34.8 Å². The van der Waals surface area contributed by atoms with Crippen LogP contribution in [-0.4, -0.2) is 150 Å². The van der Waals surface area contributed by atoms with E-state index >= 15 is 0 Å². The maximum atomic E-state index is 13.3. The summed E-state index contributed by atoms with van der Waals surface area (Å²) in [6.45, 7) is 6.76. The summed E-state index contributed by atoms with van der Waals surface area (Å²) >= 11 is 17.5. The van der Waals surface area contributed by atoms with Crippen LogP contribution in [0.25, 0.3) is 44.3 Å². The molecule has 7 aromatic carbocycles. The fourth-order valence-corrected chi connectivity index (χ4v) is 10.8. The van der Waals surface area contributed by atoms with Gasteiger partial charge < -0.3 is 59.7 Å². The molecule has 6 N–H and O–H groups in total. The lowest BCUT2D eigenvalue weighted by Crippen LogP contribution is -2.41. The Morgan fingerprint density at radius 3 is 1.58 bits per heavy atom. The summed E-state index contributed by atoms with van der Waals surface area (Å²) in [5, 5.41) is 62.4. The molecule has 9 aromatic rings. The number of alkyl halides is 1. The highest BCUT2D eigenvalue weighted by Gasteiger charge is 2.30. The number of fused-ring (bicyclic) bond motifs is 2. The molecule has 0 saturated carbocycles. The second kappa shape index (κ2) is 40.3. The number of hydrogen-bond acceptors (Lipinski definition) is 20. The first kappa shape index (κ1) is 80.7. The van der Waals surface area contributed by atoms with Gasteiger partial charge in [0.05, 0.1) is 31.6 Å². The lowest BCUT2D eigenvalue weighted by molar-refractivity contribution is -0.178. The number of methoxy groups -OCH3 is 1. The first-order chi connectivity index (χ1) is 48.4. The summed E-state index contributed by atoms with van der Waals surface area (Å²) in [6, 6.07) is 47.5. The highest BCUT2D eigenvalue weighted by Crippen LogP contribution is 2.27. The van der Waals surface area contributed by atoms with Gasteiger partial charge in [0.25, 0.3) is 11.8 Å². The van der Waals surface area contributed by atoms with E-state index in [0.29, 0.717) is 55.9 Å². The van der Waals surface area contributed by atoms with E-state index in [1.807, 2.05) is 129 Å². The van der Waals surface area contributed by atoms with Gasteiger partial charge in [0.1, 0.15) is 28.7 Å². The molecule has 2 aromatic heterocycles. The Morgan fingerprint density at radius 1 is 0.578 bits per heavy atom. The zero-order valence-corrected chi connectivity index (χ0v) is 57.9. The van der Waals surface area contributed by atoms with Crippen LogP contribution in [0, 0.1) is 23.7 Å². The number of carbonyl (C=O) groups excluding carboxylic acids is 7. The number of halogens is 3. The van der Waals surface area contributed by atoms with E-state index in [4.69, 9.17) is 49.1 Å². The van der Waals surface area contributed by atoms with Crippen molar-refractivity contribution in [2.24, 2.45) is 23.7 Å². The number of amides is 2. The van der Waals surface area contributed by atoms with Crippen molar-refractivity contribution in [1.29, 1.82) is 0 Å². The normalized spacial score (nSPS) is 12.6. The van der Waals surface area contributed by atoms with Gasteiger partial charge in [0.15, 0.2) is 25.6 Å². The molecule has 0 aliphatic carbocycles. The molecule has 102 heavy (non-hydrogen) atoms. The number of carbonyl (C=O) groups is 8. The fraction of sp³-hybridized carbons (Fsp3) is 0.315. The van der Waals surface area contributed by atoms with Gasteiger partial charge in [-0.1, -0.05) is 189 Å². The van der Waals surface area contributed by atoms with Crippen LogP contribution in [0.2, 0.25) is 16.4 Å². The Kier molecular flexibility index (Phi) is 31.9. The summed E-state index contributed by atoms with van der Waals surface area (Å²) in [4.78, 5) is 104. The average Bonchev–Trinajstić information content (AvgIpc) is 1.64. The summed E-state index contributed by atoms with van der Waals surface area (Å²) in [5.41, 5.74) is 8.55. The van der Waals surface area contributed by atoms with E-state index in [1.165, 1.54) is 37.4 Å². The minimum atomic E-state index is -1.69. The van der Waals surface area contributed by atoms with Crippen molar-refractivity contribution in [3.05, 3.63) is 202 Å². The number of esters is 4. The zero-order valence-electron chi connectivity index (χ0n) is 55.6. The Bertz CT molecular complexity index is 4260. The van der Waals surface area contributed by atoms with Gasteiger partial charge in [-0.15, -0.1) is 10.2 Å². The molecule has 2 amide bonds. The number of aliphatic hydroxyl groups excluding tert-OH is 2. The van der Waals surface area contributed by atoms with Crippen LogP contribution in [-0.2, 0) is 67.2 Å². The number of hydrogen-bond donors (Lipinski definition) is 6. The van der Waals surface area contributed by atoms with E-state index in [-0.39, 0.29) is 80.6 Å². The van der Waals surface area contributed by atoms with Gasteiger partial charge in [-0.3, -0.25) is 24.0 Å². The molecular formula is C73H79BCl3N8O17. The maximum absolute atomic E-state index is 13.3. The van der Waals surface area contributed by atoms with Crippen LogP contribution in [0.3, 0.4) is 0 Å². The second-order valence-electron chi connectivity index (χ2n) is 23.8. The third kappa shape index (κ3) is 24.5. The molecule has 9 rings (SSSR count). The van der Waals surface area contributed by atoms with Crippen molar-refractivity contribution < 1.29 is 82.7 Å². The molecule has 25 nitrogen and oxygen atoms in total. The van der Waals surface area contributed by atoms with Crippen LogP contribution < -0.4 is 15.5 Å². The molecule has 0 unspecified atom stereocenters. The van der Waals surface area contributed by atoms with Crippen LogP contribution in [0.5, 0.6) is 0 Å². The van der Waals surface area contributed by atoms with Gasteiger partial charge in [0, 0.05) is 46.1 Å². The molecule has 29 heteroatoms. The first-order valence-corrected chi connectivity index (χ1v) is 33.1. The highest BCUT2D eigenvalue weighted by atomic mass is 35.5. The number of nitrogens with one attached hydrogen (secondary N) is 2. The maximum Gasteiger partial charge on any atom is 0.337 e. The van der Waals surface area contributed by atoms with E-state index < -0.39 is 72.7 Å². The minimum Gasteiger partial charge on any atom is -0.479 e. The number of carboxylic acids is 1. The van der Waals surface area contributed by atoms with Gasteiger partial charge in [-0.05, 0) is 135 Å². The second-order valence-corrected chi connectivity index (χ2v) is 24.9. The highest BCUT2D eigenvalue weighted by molar-refractivity contribution is 6.66. The lowest BCUT2D eigenvalue weighted by Gasteiger charge is -2.22. The van der Waals surface area contributed by atoms with Crippen molar-refractivity contribution in [3.63, 3.8) is 0 Å². The molecule has 537 valence electrons. The molecule has 1 radical (unpaired) electrons. The molecule has 0 aliphatic heterocycles. The van der Waals surface area contributed by atoms with Crippen LogP contribution in [0.4, 0.5) is 0 Å². The standard InChI is InChI=1S/C33H35ClN4O9.C31H27ClN4O5.C8H13BClO3.CH4/c1-19(2)26(17-30(40)45-3)32(42)46-18-47-33(43)29(39)16-25(35-31(41)23-11-12-27-28(15-23)38(44)37-36-27)13-20-7-9-21(10-8-20)22-5-4-6-24(34)14-22;32-25-8-4-7-23(16-25)22-11-9-20(10-12-22)15-26(18-29(37)31(39)40)33-30(38)24-13-14-27-28(17-24)36(35-34-27)41-19-21-5-2-1-3-6-21;1-6(2)7(3-9-4-11)8(12)13-5-10;/h4-12,14-15,19,25-26,29,39,44H,13,16-18H2,1-3H3,(H,35,41);1-14,16-17,26,29,37H,15,18-19H2,(H,33,38)(H,39,40);4,6-7H,3,5H2,1-2H3;1H4/t25-,26-,29-;26-,29-;7-;/m111./s1. The van der Waals surface area contributed by atoms with Crippen molar-refractivity contribution in [2.45, 2.75) is 104 Å². The predicted molar refractivity (Wildman–Crippen MR) is 383 cm³/mol. The fourth-order valence-electron chi connectivity index (χ4n) is 10.3. The molecule has 0 bridgehead atoms. The summed E-state index contributed by atoms with van der Waals surface area (Å²) < 4.78 is 19.3. The summed E-state index contributed by atoms with van der Waals surface area (Å²) in [5.74, 6) is -6.26. The number of carboxylic acid groups (broad SMARTS) is 1. The lowest BCUT2D eigenvalue weighted by atomic mass is 9.69. The Labute approximate surface area is 604 Å². The van der Waals surface area contributed by atoms with Crippen LogP contribution in [0.1, 0.15) is 91.8 Å². The molecule has 0 saturated heterocycles. The van der Waals surface area contributed by atoms with Crippen molar-refractivity contribution in [3.8, 4) is 22.3 Å². The average molecular weight is 1460 g/mol. The number of aromatic nitrogens is 6. The Hall–Kier alpha value is -10.2. The van der Waals surface area contributed by atoms with E-state index in [9.17, 15) is 58.9 Å². The number of aliphatic hydroxyl groups is 2. The minimum absolute atomic E-state index is 0. The number of rotatable bonds is 31. The SMILES string of the molecule is C.CC(C)[C@@H](C[B]C=O)C(=O)OCCl.COC(=O)C[C@@H](C(=O)OCOC(=O)[C@H](O)C[C@@H](Cc1ccc(-c2cccc(Cl)c2)cc1)NC(=O)c1ccc2nnn(O)c2c1)C(C)C.O=C(N[C@H](Cc1ccc(-c2cccc(Cl)c2)cc1)C[C@@H](O)C(=O)O)c1ccc2nnn(OCc3ccccc3)c2c1. The Balaban J connectivity index is 0.000000272. The quantitative estimate of drug-likeness (QED) is 0.00447. The van der Waals surface area contributed by atoms with E-state index in [2.05, 4.69) is 40.7 Å². The molecule has 2 heterocycles. The number of nitrogens with zero attached hydrogens (tertiary/aromatic N) is 6. The van der Waals surface area contributed by atoms with Gasteiger partial charge in [-0.2, -0.15) is 0 Å². The first-order valence-electron chi connectivity index (χ1n) is 31.8. The monoisotopic (exact) mass is 1460 g/mol. The zero-order chi connectivity index (χ0) is 73.1. The number of ether oxygens (including phenoxy) is 4. The van der Waals surface area contributed by atoms with E-state index in [1.54, 1.807) is 44.2 Å². The van der Waals surface area contributed by atoms with Crippen molar-refractivity contribution in [1.82, 2.24) is 40.9 Å². The van der Waals surface area contributed by atoms with Gasteiger partial charge in [0.2, 0.25) is 6.79 Å². The summed E-state index contributed by atoms with van der Waals surface area (Å²) in [6.07, 6.45) is -2.29. The van der Waals surface area contributed by atoms with Gasteiger partial charge >= 0.3 is 29.8 Å². The van der Waals surface area contributed by atoms with Gasteiger partial charge in [-0.25, -0.2) is 9.59 Å². The third-order valence-corrected chi connectivity index (χ3v) is 16.5. The smallest absolute Gasteiger partial charge is 0.337 e. The molecule has 0 fully saturated rings. The summed E-state index contributed by atoms with van der Waals surface area (Å²) in [7, 11) is 2.63. The topological polar surface area (TPSA) is 349 Å². The Morgan fingerprint density at radius 2 is 1.08 bits per heavy atom. The van der Waals surface area contributed by atoms with Crippen molar-refractivity contribution >= 4 is 112 Å². The van der Waals surface area contributed by atoms with E-state index in [0.717, 1.165) is 38.9 Å². The van der Waals surface area contributed by atoms with Crippen molar-refractivity contribution in [2.75, 3.05) is 20.0 Å². The molecule has 0 spiro atoms. The molecular weight excluding hydrogens is 1380 g/mol. The van der Waals surface area contributed by atoms with Crippen LogP contribution in [0.15, 0.2) is 164 Å². The predicted octanol–water partition coefficient (Wildman–Crippen LogP) is 10.5. The number of benzene rings is 7. The molecule has 0 aliphatic rings. The largest absolute Gasteiger partial charge is 0.479 e.